The van der Waals surface area contributed by atoms with E-state index in [0.29, 0.717) is 5.92 Å². The third-order valence-corrected chi connectivity index (χ3v) is 2.60. The largest absolute Gasteiger partial charge is 0.391 e. The summed E-state index contributed by atoms with van der Waals surface area (Å²) in [6.07, 6.45) is 5.40. The van der Waals surface area contributed by atoms with Crippen molar-refractivity contribution in [1.82, 2.24) is 5.32 Å². The van der Waals surface area contributed by atoms with E-state index in [0.717, 1.165) is 18.0 Å². The monoisotopic (exact) mass is 193 g/mol. The summed E-state index contributed by atoms with van der Waals surface area (Å²) >= 11 is 5.82. The normalized spacial score (nSPS) is 21.2. The number of benzene rings is 1. The quantitative estimate of drug-likeness (QED) is 0.723. The Morgan fingerprint density at radius 2 is 2.00 bits per heavy atom. The van der Waals surface area contributed by atoms with Gasteiger partial charge in [0.15, 0.2) is 0 Å². The molecular formula is C11H12ClN. The molecule has 2 heteroatoms. The lowest BCUT2D eigenvalue weighted by molar-refractivity contribution is 0.657. The summed E-state index contributed by atoms with van der Waals surface area (Å²) in [5.74, 6) is 0.554. The molecule has 0 aromatic heterocycles. The van der Waals surface area contributed by atoms with Crippen LogP contribution in [0.5, 0.6) is 0 Å². The average molecular weight is 194 g/mol. The van der Waals surface area contributed by atoms with Crippen molar-refractivity contribution in [3.05, 3.63) is 47.1 Å². The van der Waals surface area contributed by atoms with Gasteiger partial charge in [-0.1, -0.05) is 29.8 Å². The van der Waals surface area contributed by atoms with Crippen LogP contribution in [0, 0.1) is 0 Å². The summed E-state index contributed by atoms with van der Waals surface area (Å²) in [5, 5.41) is 4.00. The summed E-state index contributed by atoms with van der Waals surface area (Å²) in [6, 6.07) is 8.10. The molecule has 0 fully saturated rings. The Hall–Kier alpha value is -0.950. The van der Waals surface area contributed by atoms with Crippen LogP contribution in [-0.2, 0) is 0 Å². The van der Waals surface area contributed by atoms with Crippen LogP contribution in [0.15, 0.2) is 36.5 Å². The zero-order valence-electron chi connectivity index (χ0n) is 7.33. The van der Waals surface area contributed by atoms with Crippen LogP contribution in [0.4, 0.5) is 0 Å². The van der Waals surface area contributed by atoms with Crippen molar-refractivity contribution < 1.29 is 0 Å². The Balaban J connectivity index is 2.19. The van der Waals surface area contributed by atoms with Gasteiger partial charge in [-0.15, -0.1) is 0 Å². The van der Waals surface area contributed by atoms with Gasteiger partial charge in [0, 0.05) is 17.5 Å². The van der Waals surface area contributed by atoms with Gasteiger partial charge in [-0.3, -0.25) is 0 Å². The lowest BCUT2D eigenvalue weighted by Gasteiger charge is -2.17. The van der Waals surface area contributed by atoms with Gasteiger partial charge in [-0.25, -0.2) is 0 Å². The third kappa shape index (κ3) is 2.04. The van der Waals surface area contributed by atoms with Crippen LogP contribution in [-0.4, -0.2) is 6.54 Å². The highest BCUT2D eigenvalue weighted by molar-refractivity contribution is 6.30. The molecule has 0 spiro atoms. The van der Waals surface area contributed by atoms with Crippen LogP contribution in [0.1, 0.15) is 17.9 Å². The van der Waals surface area contributed by atoms with E-state index in [-0.39, 0.29) is 0 Å². The van der Waals surface area contributed by atoms with Crippen LogP contribution >= 0.6 is 11.6 Å². The van der Waals surface area contributed by atoms with Gasteiger partial charge >= 0.3 is 0 Å². The molecule has 0 saturated heterocycles. The maximum atomic E-state index is 5.82. The lowest BCUT2D eigenvalue weighted by atomic mass is 9.94. The van der Waals surface area contributed by atoms with Crippen molar-refractivity contribution in [2.75, 3.05) is 6.54 Å². The molecule has 1 heterocycles. The second-order valence-electron chi connectivity index (χ2n) is 3.26. The molecule has 0 amide bonds. The molecule has 1 aliphatic heterocycles. The second-order valence-corrected chi connectivity index (χ2v) is 3.70. The molecule has 1 aromatic carbocycles. The van der Waals surface area contributed by atoms with Gasteiger partial charge in [-0.05, 0) is 30.3 Å². The lowest BCUT2D eigenvalue weighted by Crippen LogP contribution is -2.15. The van der Waals surface area contributed by atoms with Gasteiger partial charge in [0.2, 0.25) is 0 Å². The standard InChI is InChI=1S/C11H12ClN/c12-11-3-1-9(2-4-11)10-5-7-13-8-6-10/h1-5,7,10,13H,6,8H2/t10-/m0/s1. The van der Waals surface area contributed by atoms with E-state index in [1.165, 1.54) is 5.56 Å². The molecule has 1 nitrogen and oxygen atoms in total. The third-order valence-electron chi connectivity index (χ3n) is 2.34. The molecule has 0 saturated carbocycles. The van der Waals surface area contributed by atoms with E-state index in [1.54, 1.807) is 0 Å². The molecule has 1 aromatic rings. The van der Waals surface area contributed by atoms with E-state index in [4.69, 9.17) is 11.6 Å². The molecule has 0 aliphatic carbocycles. The topological polar surface area (TPSA) is 12.0 Å². The predicted octanol–water partition coefficient (Wildman–Crippen LogP) is 2.93. The minimum atomic E-state index is 0.554. The van der Waals surface area contributed by atoms with Crippen LogP contribution in [0.2, 0.25) is 5.02 Å². The summed E-state index contributed by atoms with van der Waals surface area (Å²) in [6.45, 7) is 1.06. The molecule has 13 heavy (non-hydrogen) atoms. The molecule has 0 bridgehead atoms. The Morgan fingerprint density at radius 3 is 2.62 bits per heavy atom. The number of nitrogens with one attached hydrogen (secondary N) is 1. The molecular weight excluding hydrogens is 182 g/mol. The predicted molar refractivity (Wildman–Crippen MR) is 56.0 cm³/mol. The summed E-state index contributed by atoms with van der Waals surface area (Å²) in [7, 11) is 0. The number of halogens is 1. The van der Waals surface area contributed by atoms with Gasteiger partial charge in [0.25, 0.3) is 0 Å². The van der Waals surface area contributed by atoms with Crippen molar-refractivity contribution >= 4 is 11.6 Å². The van der Waals surface area contributed by atoms with Gasteiger partial charge < -0.3 is 5.32 Å². The van der Waals surface area contributed by atoms with E-state index >= 15 is 0 Å². The van der Waals surface area contributed by atoms with Crippen LogP contribution in [0.25, 0.3) is 0 Å². The Labute approximate surface area is 83.4 Å². The number of hydrogen-bond donors (Lipinski definition) is 1. The second kappa shape index (κ2) is 3.84. The zero-order chi connectivity index (χ0) is 9.10. The maximum Gasteiger partial charge on any atom is 0.0406 e. The van der Waals surface area contributed by atoms with Gasteiger partial charge in [0.1, 0.15) is 0 Å². The first-order valence-electron chi connectivity index (χ1n) is 4.52. The molecule has 0 unspecified atom stereocenters. The van der Waals surface area contributed by atoms with Crippen molar-refractivity contribution in [2.24, 2.45) is 0 Å². The fourth-order valence-corrected chi connectivity index (χ4v) is 1.72. The first-order valence-corrected chi connectivity index (χ1v) is 4.89. The van der Waals surface area contributed by atoms with E-state index in [9.17, 15) is 0 Å². The minimum Gasteiger partial charge on any atom is -0.391 e. The highest BCUT2D eigenvalue weighted by Gasteiger charge is 2.09. The highest BCUT2D eigenvalue weighted by atomic mass is 35.5. The first kappa shape index (κ1) is 8.64. The Kier molecular flexibility index (Phi) is 2.55. The van der Waals surface area contributed by atoms with Gasteiger partial charge in [-0.2, -0.15) is 0 Å². The number of rotatable bonds is 1. The fraction of sp³-hybridized carbons (Fsp3) is 0.273. The summed E-state index contributed by atoms with van der Waals surface area (Å²) in [5.41, 5.74) is 1.35. The maximum absolute atomic E-state index is 5.82. The Bertz CT molecular complexity index is 302. The molecule has 0 radical (unpaired) electrons. The number of allylic oxidation sites excluding steroid dienone is 1. The summed E-state index contributed by atoms with van der Waals surface area (Å²) in [4.78, 5) is 0. The van der Waals surface area contributed by atoms with Gasteiger partial charge in [0.05, 0.1) is 0 Å². The van der Waals surface area contributed by atoms with E-state index < -0.39 is 0 Å². The van der Waals surface area contributed by atoms with E-state index in [2.05, 4.69) is 23.5 Å². The molecule has 1 N–H and O–H groups in total. The highest BCUT2D eigenvalue weighted by Crippen LogP contribution is 2.23. The molecule has 68 valence electrons. The smallest absolute Gasteiger partial charge is 0.0406 e. The van der Waals surface area contributed by atoms with Crippen molar-refractivity contribution in [2.45, 2.75) is 12.3 Å². The van der Waals surface area contributed by atoms with Crippen LogP contribution in [0.3, 0.4) is 0 Å². The first-order chi connectivity index (χ1) is 6.36. The minimum absolute atomic E-state index is 0.554. The molecule has 1 atom stereocenters. The average Bonchev–Trinajstić information content (AvgIpc) is 2.20. The molecule has 2 rings (SSSR count). The number of hydrogen-bond acceptors (Lipinski definition) is 1. The van der Waals surface area contributed by atoms with E-state index in [1.807, 2.05) is 18.3 Å². The van der Waals surface area contributed by atoms with Crippen molar-refractivity contribution in [1.29, 1.82) is 0 Å². The Morgan fingerprint density at radius 1 is 1.23 bits per heavy atom. The van der Waals surface area contributed by atoms with Crippen LogP contribution < -0.4 is 5.32 Å². The van der Waals surface area contributed by atoms with Crippen molar-refractivity contribution in [3.63, 3.8) is 0 Å². The summed E-state index contributed by atoms with van der Waals surface area (Å²) < 4.78 is 0. The zero-order valence-corrected chi connectivity index (χ0v) is 8.09. The molecule has 1 aliphatic rings. The SMILES string of the molecule is Clc1ccc([C@H]2C=CNCC2)cc1. The van der Waals surface area contributed by atoms with Crippen molar-refractivity contribution in [3.8, 4) is 0 Å². The fourth-order valence-electron chi connectivity index (χ4n) is 1.59.